The van der Waals surface area contributed by atoms with Crippen molar-refractivity contribution in [2.45, 2.75) is 58.6 Å². The van der Waals surface area contributed by atoms with E-state index in [0.717, 1.165) is 49.3 Å². The Hall–Kier alpha value is -2.20. The van der Waals surface area contributed by atoms with Crippen molar-refractivity contribution < 1.29 is 14.3 Å². The number of benzene rings is 1. The third-order valence-electron chi connectivity index (χ3n) is 5.38. The van der Waals surface area contributed by atoms with Gasteiger partial charge in [0.25, 0.3) is 0 Å². The van der Waals surface area contributed by atoms with E-state index < -0.39 is 5.60 Å². The van der Waals surface area contributed by atoms with Gasteiger partial charge < -0.3 is 10.4 Å². The van der Waals surface area contributed by atoms with Gasteiger partial charge in [-0.25, -0.2) is 4.39 Å². The number of aliphatic hydroxyl groups is 1. The molecule has 3 rings (SSSR count). The first-order valence-electron chi connectivity index (χ1n) is 10.8. The molecule has 0 bridgehead atoms. The number of halogens is 1. The minimum atomic E-state index is -0.980. The maximum atomic E-state index is 13.2. The number of anilines is 1. The van der Waals surface area contributed by atoms with Gasteiger partial charge in [0.15, 0.2) is 0 Å². The van der Waals surface area contributed by atoms with Crippen LogP contribution in [0.15, 0.2) is 30.3 Å². The van der Waals surface area contributed by atoms with Crippen LogP contribution in [0.5, 0.6) is 0 Å². The fourth-order valence-electron chi connectivity index (χ4n) is 3.81. The molecule has 0 spiro atoms. The molecule has 0 saturated carbocycles. The predicted octanol–water partition coefficient (Wildman–Crippen LogP) is 4.95. The molecule has 1 aliphatic heterocycles. The summed E-state index contributed by atoms with van der Waals surface area (Å²) in [6.45, 7) is 8.12. The summed E-state index contributed by atoms with van der Waals surface area (Å²) >= 11 is 1.67. The third-order valence-corrected chi connectivity index (χ3v) is 6.36. The lowest BCUT2D eigenvalue weighted by Crippen LogP contribution is -2.35. The zero-order valence-corrected chi connectivity index (χ0v) is 19.3. The van der Waals surface area contributed by atoms with Crippen LogP contribution in [0.2, 0.25) is 0 Å². The van der Waals surface area contributed by atoms with Crippen LogP contribution in [0.4, 0.5) is 10.1 Å². The average Bonchev–Trinajstić information content (AvgIpc) is 3.14. The van der Waals surface area contributed by atoms with Crippen LogP contribution >= 0.6 is 11.3 Å². The van der Waals surface area contributed by atoms with Gasteiger partial charge in [0.05, 0.1) is 4.88 Å². The number of hydrogen-bond donors (Lipinski definition) is 2. The highest BCUT2D eigenvalue weighted by molar-refractivity contribution is 7.12. The number of carbonyl (C=O) groups is 1. The Morgan fingerprint density at radius 2 is 2.16 bits per heavy atom. The Kier molecular flexibility index (Phi) is 7.88. The number of carbonyl (C=O) groups excluding carboxylic acids is 1. The molecule has 31 heavy (non-hydrogen) atoms. The van der Waals surface area contributed by atoms with Gasteiger partial charge in [0.1, 0.15) is 11.4 Å². The number of likely N-dealkylation sites (tertiary alicyclic amines) is 1. The van der Waals surface area contributed by atoms with Crippen molar-refractivity contribution in [3.05, 3.63) is 51.5 Å². The van der Waals surface area contributed by atoms with E-state index in [0.29, 0.717) is 18.0 Å². The van der Waals surface area contributed by atoms with Crippen LogP contribution in [0.25, 0.3) is 0 Å². The fourth-order valence-corrected chi connectivity index (χ4v) is 4.71. The first kappa shape index (κ1) is 23.5. The van der Waals surface area contributed by atoms with Crippen molar-refractivity contribution in [3.8, 4) is 11.8 Å². The van der Waals surface area contributed by atoms with Crippen LogP contribution in [0.3, 0.4) is 0 Å². The Morgan fingerprint density at radius 1 is 1.35 bits per heavy atom. The summed E-state index contributed by atoms with van der Waals surface area (Å²) in [7, 11) is 0. The van der Waals surface area contributed by atoms with Crippen molar-refractivity contribution in [3.63, 3.8) is 0 Å². The Balaban J connectivity index is 1.46. The van der Waals surface area contributed by atoms with E-state index in [-0.39, 0.29) is 11.7 Å². The van der Waals surface area contributed by atoms with Crippen LogP contribution in [-0.4, -0.2) is 34.6 Å². The standard InChI is InChI=1S/C25H31FN2O2S/c1-18-15-20(26)7-10-23(18)27-24(29)11-6-19-5-4-14-28(16-19)17-22-9-8-21(31-22)12-13-25(2,3)30/h7-10,15,19,30H,4-6,11,14,16-17H2,1-3H3,(H,27,29)/t19-/m0/s1. The molecule has 0 radical (unpaired) electrons. The zero-order chi connectivity index (χ0) is 22.4. The van der Waals surface area contributed by atoms with E-state index in [1.54, 1.807) is 38.2 Å². The summed E-state index contributed by atoms with van der Waals surface area (Å²) in [5.74, 6) is 6.10. The number of aryl methyl sites for hydroxylation is 1. The Labute approximate surface area is 188 Å². The lowest BCUT2D eigenvalue weighted by molar-refractivity contribution is -0.116. The van der Waals surface area contributed by atoms with Gasteiger partial charge >= 0.3 is 0 Å². The second kappa shape index (κ2) is 10.4. The van der Waals surface area contributed by atoms with Crippen LogP contribution < -0.4 is 5.32 Å². The number of amides is 1. The van der Waals surface area contributed by atoms with E-state index in [9.17, 15) is 14.3 Å². The number of piperidine rings is 1. The molecular weight excluding hydrogens is 411 g/mol. The van der Waals surface area contributed by atoms with E-state index in [2.05, 4.69) is 28.1 Å². The number of rotatable bonds is 6. The number of thiophene rings is 1. The van der Waals surface area contributed by atoms with Gasteiger partial charge in [0.2, 0.25) is 5.91 Å². The summed E-state index contributed by atoms with van der Waals surface area (Å²) in [5.41, 5.74) is 0.434. The first-order chi connectivity index (χ1) is 14.7. The monoisotopic (exact) mass is 442 g/mol. The molecule has 1 saturated heterocycles. The van der Waals surface area contributed by atoms with Gasteiger partial charge in [0, 0.05) is 30.1 Å². The van der Waals surface area contributed by atoms with E-state index in [1.807, 2.05) is 6.07 Å². The minimum Gasteiger partial charge on any atom is -0.378 e. The molecule has 1 aliphatic rings. The summed E-state index contributed by atoms with van der Waals surface area (Å²) < 4.78 is 13.2. The highest BCUT2D eigenvalue weighted by atomic mass is 32.1. The summed E-state index contributed by atoms with van der Waals surface area (Å²) in [6.07, 6.45) is 3.62. The van der Waals surface area contributed by atoms with Gasteiger partial charge in [-0.2, -0.15) is 0 Å². The molecule has 0 unspecified atom stereocenters. The normalized spacial score (nSPS) is 17.1. The number of nitrogens with one attached hydrogen (secondary N) is 1. The number of hydrogen-bond acceptors (Lipinski definition) is 4. The maximum Gasteiger partial charge on any atom is 0.224 e. The lowest BCUT2D eigenvalue weighted by Gasteiger charge is -2.32. The summed E-state index contributed by atoms with van der Waals surface area (Å²) in [5, 5.41) is 12.7. The van der Waals surface area contributed by atoms with E-state index in [1.165, 1.54) is 17.0 Å². The quantitative estimate of drug-likeness (QED) is 0.623. The molecule has 2 aromatic rings. The van der Waals surface area contributed by atoms with Gasteiger partial charge in [-0.05, 0) is 88.4 Å². The van der Waals surface area contributed by atoms with Crippen LogP contribution in [0, 0.1) is 30.5 Å². The molecule has 6 heteroatoms. The van der Waals surface area contributed by atoms with Crippen molar-refractivity contribution >= 4 is 22.9 Å². The maximum absolute atomic E-state index is 13.2. The molecule has 1 aromatic carbocycles. The van der Waals surface area contributed by atoms with Crippen molar-refractivity contribution in [1.29, 1.82) is 0 Å². The van der Waals surface area contributed by atoms with Crippen LogP contribution in [-0.2, 0) is 11.3 Å². The summed E-state index contributed by atoms with van der Waals surface area (Å²) in [6, 6.07) is 8.55. The number of nitrogens with zero attached hydrogens (tertiary/aromatic N) is 1. The fraction of sp³-hybridized carbons (Fsp3) is 0.480. The average molecular weight is 443 g/mol. The highest BCUT2D eigenvalue weighted by Gasteiger charge is 2.21. The Morgan fingerprint density at radius 3 is 2.90 bits per heavy atom. The molecule has 1 fully saturated rings. The highest BCUT2D eigenvalue weighted by Crippen LogP contribution is 2.25. The van der Waals surface area contributed by atoms with Gasteiger partial charge in [-0.15, -0.1) is 11.3 Å². The predicted molar refractivity (Wildman–Crippen MR) is 124 cm³/mol. The topological polar surface area (TPSA) is 52.6 Å². The molecule has 1 amide bonds. The zero-order valence-electron chi connectivity index (χ0n) is 18.5. The van der Waals surface area contributed by atoms with Crippen molar-refractivity contribution in [2.75, 3.05) is 18.4 Å². The molecule has 2 N–H and O–H groups in total. The van der Waals surface area contributed by atoms with E-state index in [4.69, 9.17) is 0 Å². The molecule has 166 valence electrons. The van der Waals surface area contributed by atoms with Gasteiger partial charge in [-0.3, -0.25) is 9.69 Å². The second-order valence-corrected chi connectivity index (χ2v) is 10.0. The minimum absolute atomic E-state index is 0.0138. The Bertz CT molecular complexity index is 968. The molecule has 1 aromatic heterocycles. The SMILES string of the molecule is Cc1cc(F)ccc1NC(=O)CC[C@@H]1CCCN(Cc2ccc(C#CC(C)(C)O)s2)C1. The largest absolute Gasteiger partial charge is 0.378 e. The molecule has 0 aliphatic carbocycles. The van der Waals surface area contributed by atoms with Crippen LogP contribution in [0.1, 0.15) is 54.8 Å². The molecule has 1 atom stereocenters. The van der Waals surface area contributed by atoms with Crippen molar-refractivity contribution in [1.82, 2.24) is 4.90 Å². The smallest absolute Gasteiger partial charge is 0.224 e. The second-order valence-electron chi connectivity index (χ2n) is 8.86. The van der Waals surface area contributed by atoms with Gasteiger partial charge in [-0.1, -0.05) is 11.8 Å². The van der Waals surface area contributed by atoms with E-state index >= 15 is 0 Å². The summed E-state index contributed by atoms with van der Waals surface area (Å²) in [4.78, 5) is 17.0. The molecule has 4 nitrogen and oxygen atoms in total. The molecule has 2 heterocycles. The third kappa shape index (κ3) is 7.77. The first-order valence-corrected chi connectivity index (χ1v) is 11.6. The van der Waals surface area contributed by atoms with Crippen molar-refractivity contribution in [2.24, 2.45) is 5.92 Å². The molecular formula is C25H31FN2O2S. The lowest BCUT2D eigenvalue weighted by atomic mass is 9.93.